The van der Waals surface area contributed by atoms with Gasteiger partial charge in [0.25, 0.3) is 0 Å². The zero-order valence-electron chi connectivity index (χ0n) is 20.2. The highest BCUT2D eigenvalue weighted by molar-refractivity contribution is 7.80. The molecule has 10 nitrogen and oxygen atoms in total. The van der Waals surface area contributed by atoms with Crippen molar-refractivity contribution < 1.29 is 14.3 Å². The molecule has 0 atom stereocenters. The van der Waals surface area contributed by atoms with E-state index in [1.54, 1.807) is 38.6 Å². The van der Waals surface area contributed by atoms with E-state index in [4.69, 9.17) is 32.4 Å². The van der Waals surface area contributed by atoms with Gasteiger partial charge < -0.3 is 25.4 Å². The third kappa shape index (κ3) is 6.18. The Morgan fingerprint density at radius 3 is 2.64 bits per heavy atom. The molecule has 188 valence electrons. The highest BCUT2D eigenvalue weighted by atomic mass is 32.1. The van der Waals surface area contributed by atoms with Crippen LogP contribution in [0.3, 0.4) is 0 Å². The second-order valence-corrected chi connectivity index (χ2v) is 8.65. The van der Waals surface area contributed by atoms with E-state index in [0.29, 0.717) is 43.4 Å². The van der Waals surface area contributed by atoms with Crippen LogP contribution in [-0.2, 0) is 4.79 Å². The minimum atomic E-state index is -0.115. The first kappa shape index (κ1) is 25.1. The number of anilines is 2. The number of nitrogens with two attached hydrogens (primary N) is 1. The molecular formula is C25H29N7O3S. The standard InChI is InChI=1S/C25H29N7O3S/c1-34-19-7-8-22(35-2)21(14-19)28-23(33)16-31-9-11-32(12-10-31)24-18(15-27-30-25(26)36)13-17-5-3-4-6-20(17)29-24/h3-8,13-15H,9-12,16H2,1-2H3,(H,28,33)(H3,26,30,36)/b27-15+. The lowest BCUT2D eigenvalue weighted by Gasteiger charge is -2.35. The lowest BCUT2D eigenvalue weighted by atomic mass is 10.1. The first-order chi connectivity index (χ1) is 17.5. The number of carbonyl (C=O) groups is 1. The van der Waals surface area contributed by atoms with Gasteiger partial charge in [-0.25, -0.2) is 4.98 Å². The molecule has 36 heavy (non-hydrogen) atoms. The van der Waals surface area contributed by atoms with Crippen molar-refractivity contribution in [1.82, 2.24) is 15.3 Å². The number of aromatic nitrogens is 1. The van der Waals surface area contributed by atoms with E-state index < -0.39 is 0 Å². The fourth-order valence-electron chi connectivity index (χ4n) is 4.06. The van der Waals surface area contributed by atoms with Gasteiger partial charge >= 0.3 is 0 Å². The van der Waals surface area contributed by atoms with Crippen LogP contribution in [0.5, 0.6) is 11.5 Å². The number of rotatable bonds is 8. The van der Waals surface area contributed by atoms with Crippen LogP contribution >= 0.6 is 12.2 Å². The summed E-state index contributed by atoms with van der Waals surface area (Å²) in [5, 5.41) is 8.18. The van der Waals surface area contributed by atoms with Gasteiger partial charge in [0.15, 0.2) is 5.11 Å². The maximum Gasteiger partial charge on any atom is 0.238 e. The molecule has 11 heteroatoms. The van der Waals surface area contributed by atoms with Gasteiger partial charge in [0.05, 0.1) is 38.2 Å². The number of nitrogens with one attached hydrogen (secondary N) is 2. The molecule has 0 unspecified atom stereocenters. The Kier molecular flexibility index (Phi) is 8.13. The van der Waals surface area contributed by atoms with Gasteiger partial charge in [0, 0.05) is 43.2 Å². The monoisotopic (exact) mass is 507 g/mol. The quantitative estimate of drug-likeness (QED) is 0.240. The van der Waals surface area contributed by atoms with Crippen LogP contribution in [0, 0.1) is 0 Å². The number of hydrazone groups is 1. The lowest BCUT2D eigenvalue weighted by Crippen LogP contribution is -2.49. The number of carbonyl (C=O) groups excluding carboxylic acids is 1. The van der Waals surface area contributed by atoms with E-state index >= 15 is 0 Å². The molecule has 1 aliphatic heterocycles. The van der Waals surface area contributed by atoms with E-state index in [1.807, 2.05) is 30.3 Å². The summed E-state index contributed by atoms with van der Waals surface area (Å²) in [4.78, 5) is 22.0. The van der Waals surface area contributed by atoms with Crippen molar-refractivity contribution >= 4 is 51.9 Å². The minimum absolute atomic E-state index is 0.0972. The second-order valence-electron chi connectivity index (χ2n) is 8.21. The summed E-state index contributed by atoms with van der Waals surface area (Å²) >= 11 is 4.84. The van der Waals surface area contributed by atoms with Crippen LogP contribution in [0.25, 0.3) is 10.9 Å². The van der Waals surface area contributed by atoms with Crippen LogP contribution in [0.15, 0.2) is 53.6 Å². The van der Waals surface area contributed by atoms with Crippen molar-refractivity contribution in [2.75, 3.05) is 57.2 Å². The molecule has 1 aliphatic rings. The van der Waals surface area contributed by atoms with E-state index in [9.17, 15) is 4.79 Å². The molecule has 0 radical (unpaired) electrons. The summed E-state index contributed by atoms with van der Waals surface area (Å²) in [5.41, 5.74) is 10.4. The number of hydrogen-bond acceptors (Lipinski definition) is 8. The summed E-state index contributed by atoms with van der Waals surface area (Å²) in [7, 11) is 3.15. The number of thiocarbonyl (C=S) groups is 1. The van der Waals surface area contributed by atoms with Gasteiger partial charge in [0.2, 0.25) is 5.91 Å². The molecule has 1 saturated heterocycles. The Morgan fingerprint density at radius 2 is 1.92 bits per heavy atom. The summed E-state index contributed by atoms with van der Waals surface area (Å²) in [6, 6.07) is 15.3. The minimum Gasteiger partial charge on any atom is -0.497 e. The zero-order chi connectivity index (χ0) is 25.5. The van der Waals surface area contributed by atoms with Crippen molar-refractivity contribution in [3.05, 3.63) is 54.1 Å². The molecular weight excluding hydrogens is 478 g/mol. The van der Waals surface area contributed by atoms with Gasteiger partial charge in [-0.3, -0.25) is 15.1 Å². The van der Waals surface area contributed by atoms with E-state index in [1.165, 1.54) is 0 Å². The molecule has 1 fully saturated rings. The Morgan fingerprint density at radius 1 is 1.14 bits per heavy atom. The highest BCUT2D eigenvalue weighted by Gasteiger charge is 2.22. The van der Waals surface area contributed by atoms with Gasteiger partial charge in [-0.1, -0.05) is 18.2 Å². The Bertz CT molecular complexity index is 1280. The number of piperazine rings is 1. The SMILES string of the molecule is COc1ccc(OC)c(NC(=O)CN2CCN(c3nc4ccccc4cc3/C=N/NC(N)=S)CC2)c1. The topological polar surface area (TPSA) is 117 Å². The molecule has 0 bridgehead atoms. The molecule has 1 amide bonds. The molecule has 2 heterocycles. The highest BCUT2D eigenvalue weighted by Crippen LogP contribution is 2.29. The maximum absolute atomic E-state index is 12.8. The van der Waals surface area contributed by atoms with Crippen LogP contribution < -0.4 is 30.8 Å². The normalized spacial score (nSPS) is 14.1. The second kappa shape index (κ2) is 11.6. The van der Waals surface area contributed by atoms with Crippen LogP contribution in [-0.4, -0.2) is 74.1 Å². The molecule has 3 aromatic rings. The predicted molar refractivity (Wildman–Crippen MR) is 146 cm³/mol. The smallest absolute Gasteiger partial charge is 0.238 e. The molecule has 2 aromatic carbocycles. The number of nitrogens with zero attached hydrogens (tertiary/aromatic N) is 4. The lowest BCUT2D eigenvalue weighted by molar-refractivity contribution is -0.117. The third-order valence-corrected chi connectivity index (χ3v) is 5.92. The number of para-hydroxylation sites is 1. The van der Waals surface area contributed by atoms with Crippen molar-refractivity contribution in [2.45, 2.75) is 0 Å². The van der Waals surface area contributed by atoms with Gasteiger partial charge in [-0.15, -0.1) is 0 Å². The van der Waals surface area contributed by atoms with Crippen molar-refractivity contribution in [2.24, 2.45) is 10.8 Å². The van der Waals surface area contributed by atoms with Gasteiger partial charge in [0.1, 0.15) is 17.3 Å². The fraction of sp³-hybridized carbons (Fsp3) is 0.280. The Hall–Kier alpha value is -3.96. The van der Waals surface area contributed by atoms with Gasteiger partial charge in [-0.05, 0) is 36.5 Å². The fourth-order valence-corrected chi connectivity index (χ4v) is 4.11. The molecule has 0 spiro atoms. The summed E-state index contributed by atoms with van der Waals surface area (Å²) < 4.78 is 10.6. The summed E-state index contributed by atoms with van der Waals surface area (Å²) in [6.07, 6.45) is 1.68. The molecule has 4 N–H and O–H groups in total. The number of hydrogen-bond donors (Lipinski definition) is 3. The maximum atomic E-state index is 12.8. The summed E-state index contributed by atoms with van der Waals surface area (Å²) in [5.74, 6) is 1.93. The number of benzene rings is 2. The van der Waals surface area contributed by atoms with Crippen LogP contribution in [0.2, 0.25) is 0 Å². The predicted octanol–water partition coefficient (Wildman–Crippen LogP) is 2.18. The van der Waals surface area contributed by atoms with Crippen molar-refractivity contribution in [3.8, 4) is 11.5 Å². The molecule has 4 rings (SSSR count). The van der Waals surface area contributed by atoms with Crippen molar-refractivity contribution in [3.63, 3.8) is 0 Å². The summed E-state index contributed by atoms with van der Waals surface area (Å²) in [6.45, 7) is 3.11. The first-order valence-electron chi connectivity index (χ1n) is 11.4. The van der Waals surface area contributed by atoms with E-state index in [-0.39, 0.29) is 17.6 Å². The first-order valence-corrected chi connectivity index (χ1v) is 11.8. The van der Waals surface area contributed by atoms with E-state index in [2.05, 4.69) is 25.6 Å². The largest absolute Gasteiger partial charge is 0.497 e. The average molecular weight is 508 g/mol. The zero-order valence-corrected chi connectivity index (χ0v) is 21.0. The Balaban J connectivity index is 1.42. The third-order valence-electron chi connectivity index (χ3n) is 5.83. The van der Waals surface area contributed by atoms with Crippen LogP contribution in [0.4, 0.5) is 11.5 Å². The number of fused-ring (bicyclic) bond motifs is 1. The number of amides is 1. The molecule has 1 aromatic heterocycles. The van der Waals surface area contributed by atoms with E-state index in [0.717, 1.165) is 22.3 Å². The molecule has 0 aliphatic carbocycles. The molecule has 0 saturated carbocycles. The van der Waals surface area contributed by atoms with Gasteiger partial charge in [-0.2, -0.15) is 5.10 Å². The van der Waals surface area contributed by atoms with Crippen molar-refractivity contribution in [1.29, 1.82) is 0 Å². The number of methoxy groups -OCH3 is 2. The average Bonchev–Trinajstić information content (AvgIpc) is 2.88. The number of pyridine rings is 1. The number of ether oxygens (including phenoxy) is 2. The van der Waals surface area contributed by atoms with Crippen LogP contribution in [0.1, 0.15) is 5.56 Å². The Labute approximate surface area is 215 Å².